The van der Waals surface area contributed by atoms with Crippen LogP contribution in [0.5, 0.6) is 0 Å². The molecule has 1 aromatic heterocycles. The number of nitrogens with one attached hydrogen (secondary N) is 1. The van der Waals surface area contributed by atoms with Crippen LogP contribution in [-0.2, 0) is 4.74 Å². The lowest BCUT2D eigenvalue weighted by atomic mass is 10.2. The van der Waals surface area contributed by atoms with Crippen molar-refractivity contribution in [3.8, 4) is 0 Å². The van der Waals surface area contributed by atoms with Gasteiger partial charge in [0.25, 0.3) is 0 Å². The second-order valence-corrected chi connectivity index (χ2v) is 6.36. The van der Waals surface area contributed by atoms with Crippen LogP contribution in [-0.4, -0.2) is 37.2 Å². The number of alkyl carbamates (subject to hydrolysis) is 1. The molecule has 0 aliphatic carbocycles. The van der Waals surface area contributed by atoms with Crippen molar-refractivity contribution >= 4 is 17.4 Å². The summed E-state index contributed by atoms with van der Waals surface area (Å²) < 4.78 is 5.22. The minimum absolute atomic E-state index is 0.178. The quantitative estimate of drug-likeness (QED) is 0.914. The summed E-state index contributed by atoms with van der Waals surface area (Å²) in [5.74, 6) is 0. The Kier molecular flexibility index (Phi) is 5.16. The number of carbonyl (C=O) groups excluding carboxylic acids is 1. The Bertz CT molecular complexity index is 369. The van der Waals surface area contributed by atoms with Gasteiger partial charge in [0.15, 0.2) is 0 Å². The van der Waals surface area contributed by atoms with Crippen molar-refractivity contribution in [1.82, 2.24) is 10.2 Å². The Morgan fingerprint density at radius 2 is 2.17 bits per heavy atom. The molecule has 1 rings (SSSR count). The van der Waals surface area contributed by atoms with Crippen molar-refractivity contribution in [2.75, 3.05) is 20.6 Å². The molecule has 102 valence electrons. The zero-order chi connectivity index (χ0) is 13.8. The first-order chi connectivity index (χ1) is 8.29. The molecule has 5 heteroatoms. The molecular weight excluding hydrogens is 248 g/mol. The van der Waals surface area contributed by atoms with E-state index in [1.54, 1.807) is 11.3 Å². The summed E-state index contributed by atoms with van der Waals surface area (Å²) in [5, 5.41) is 4.85. The Morgan fingerprint density at radius 1 is 1.50 bits per heavy atom. The summed E-state index contributed by atoms with van der Waals surface area (Å²) in [6.07, 6.45) is -0.370. The third kappa shape index (κ3) is 5.06. The van der Waals surface area contributed by atoms with Crippen molar-refractivity contribution < 1.29 is 9.53 Å². The zero-order valence-corrected chi connectivity index (χ0v) is 12.5. The fraction of sp³-hybridized carbons (Fsp3) is 0.615. The molecule has 0 radical (unpaired) electrons. The van der Waals surface area contributed by atoms with E-state index in [-0.39, 0.29) is 12.1 Å². The van der Waals surface area contributed by atoms with Crippen LogP contribution >= 0.6 is 11.3 Å². The number of amides is 1. The Labute approximate surface area is 113 Å². The molecule has 1 aromatic rings. The van der Waals surface area contributed by atoms with E-state index in [0.29, 0.717) is 6.54 Å². The van der Waals surface area contributed by atoms with Crippen LogP contribution in [0.15, 0.2) is 17.5 Å². The molecule has 0 saturated carbocycles. The minimum Gasteiger partial charge on any atom is -0.444 e. The maximum Gasteiger partial charge on any atom is 0.407 e. The number of nitrogens with zero attached hydrogens (tertiary/aromatic N) is 1. The van der Waals surface area contributed by atoms with Gasteiger partial charge in [0.05, 0.1) is 6.04 Å². The second-order valence-electron chi connectivity index (χ2n) is 5.38. The molecule has 0 aromatic carbocycles. The number of ether oxygens (including phenoxy) is 1. The lowest BCUT2D eigenvalue weighted by Gasteiger charge is -2.25. The van der Waals surface area contributed by atoms with Crippen molar-refractivity contribution in [2.45, 2.75) is 32.4 Å². The van der Waals surface area contributed by atoms with E-state index < -0.39 is 5.60 Å². The zero-order valence-electron chi connectivity index (χ0n) is 11.7. The third-order valence-corrected chi connectivity index (χ3v) is 3.31. The van der Waals surface area contributed by atoms with Crippen LogP contribution in [0, 0.1) is 0 Å². The van der Waals surface area contributed by atoms with Gasteiger partial charge < -0.3 is 15.0 Å². The highest BCUT2D eigenvalue weighted by Crippen LogP contribution is 2.22. The number of hydrogen-bond donors (Lipinski definition) is 1. The van der Waals surface area contributed by atoms with E-state index in [1.165, 1.54) is 4.88 Å². The van der Waals surface area contributed by atoms with E-state index in [4.69, 9.17) is 4.74 Å². The van der Waals surface area contributed by atoms with Gasteiger partial charge in [-0.25, -0.2) is 4.79 Å². The predicted molar refractivity (Wildman–Crippen MR) is 75.0 cm³/mol. The summed E-state index contributed by atoms with van der Waals surface area (Å²) in [7, 11) is 4.00. The molecule has 0 fully saturated rings. The smallest absolute Gasteiger partial charge is 0.407 e. The standard InChI is InChI=1S/C13H22N2O2S/c1-13(2,3)17-12(16)14-9-10(15(4)5)11-7-6-8-18-11/h6-8,10H,9H2,1-5H3,(H,14,16). The topological polar surface area (TPSA) is 41.6 Å². The Balaban J connectivity index is 2.52. The van der Waals surface area contributed by atoms with E-state index in [9.17, 15) is 4.79 Å². The highest BCUT2D eigenvalue weighted by Gasteiger charge is 2.19. The predicted octanol–water partition coefficient (Wildman–Crippen LogP) is 2.88. The van der Waals surface area contributed by atoms with E-state index in [0.717, 1.165) is 0 Å². The molecule has 0 saturated heterocycles. The van der Waals surface area contributed by atoms with Crippen LogP contribution < -0.4 is 5.32 Å². The largest absolute Gasteiger partial charge is 0.444 e. The van der Waals surface area contributed by atoms with Gasteiger partial charge >= 0.3 is 6.09 Å². The molecule has 0 aliphatic heterocycles. The van der Waals surface area contributed by atoms with Crippen LogP contribution in [0.25, 0.3) is 0 Å². The van der Waals surface area contributed by atoms with Crippen molar-refractivity contribution in [1.29, 1.82) is 0 Å². The summed E-state index contributed by atoms with van der Waals surface area (Å²) >= 11 is 1.69. The average Bonchev–Trinajstić information content (AvgIpc) is 2.67. The van der Waals surface area contributed by atoms with Gasteiger partial charge in [-0.2, -0.15) is 0 Å². The fourth-order valence-corrected chi connectivity index (χ4v) is 2.44. The molecule has 18 heavy (non-hydrogen) atoms. The molecule has 1 N–H and O–H groups in total. The number of thiophene rings is 1. The maximum absolute atomic E-state index is 11.6. The molecule has 0 spiro atoms. The molecule has 4 nitrogen and oxygen atoms in total. The van der Waals surface area contributed by atoms with Crippen LogP contribution in [0.1, 0.15) is 31.7 Å². The summed E-state index contributed by atoms with van der Waals surface area (Å²) in [4.78, 5) is 14.9. The molecule has 1 unspecified atom stereocenters. The molecule has 0 bridgehead atoms. The molecule has 1 amide bonds. The van der Waals surface area contributed by atoms with Gasteiger partial charge in [0.2, 0.25) is 0 Å². The third-order valence-electron chi connectivity index (χ3n) is 2.33. The van der Waals surface area contributed by atoms with Gasteiger partial charge in [0, 0.05) is 11.4 Å². The number of rotatable bonds is 4. The lowest BCUT2D eigenvalue weighted by molar-refractivity contribution is 0.0514. The van der Waals surface area contributed by atoms with Crippen molar-refractivity contribution in [3.05, 3.63) is 22.4 Å². The molecule has 0 aliphatic rings. The van der Waals surface area contributed by atoms with E-state index in [2.05, 4.69) is 16.3 Å². The Morgan fingerprint density at radius 3 is 2.61 bits per heavy atom. The highest BCUT2D eigenvalue weighted by molar-refractivity contribution is 7.10. The number of carbonyl (C=O) groups is 1. The maximum atomic E-state index is 11.6. The number of likely N-dealkylation sites (N-methyl/N-ethyl adjacent to an activating group) is 1. The van der Waals surface area contributed by atoms with E-state index >= 15 is 0 Å². The Hall–Kier alpha value is -1.07. The summed E-state index contributed by atoms with van der Waals surface area (Å²) in [6.45, 7) is 6.11. The second kappa shape index (κ2) is 6.20. The van der Waals surface area contributed by atoms with Gasteiger partial charge in [-0.15, -0.1) is 11.3 Å². The first-order valence-electron chi connectivity index (χ1n) is 5.96. The van der Waals surface area contributed by atoms with Crippen molar-refractivity contribution in [2.24, 2.45) is 0 Å². The molecular formula is C13H22N2O2S. The van der Waals surface area contributed by atoms with Gasteiger partial charge in [-0.3, -0.25) is 0 Å². The van der Waals surface area contributed by atoms with Gasteiger partial charge in [-0.1, -0.05) is 6.07 Å². The molecule has 1 heterocycles. The highest BCUT2D eigenvalue weighted by atomic mass is 32.1. The van der Waals surface area contributed by atoms with E-state index in [1.807, 2.05) is 46.3 Å². The summed E-state index contributed by atoms with van der Waals surface area (Å²) in [5.41, 5.74) is -0.458. The normalized spacial score (nSPS) is 13.4. The monoisotopic (exact) mass is 270 g/mol. The SMILES string of the molecule is CN(C)C(CNC(=O)OC(C)(C)C)c1cccs1. The van der Waals surface area contributed by atoms with Gasteiger partial charge in [0.1, 0.15) is 5.60 Å². The molecule has 1 atom stereocenters. The number of hydrogen-bond acceptors (Lipinski definition) is 4. The average molecular weight is 270 g/mol. The lowest BCUT2D eigenvalue weighted by Crippen LogP contribution is -2.37. The minimum atomic E-state index is -0.458. The van der Waals surface area contributed by atoms with Crippen molar-refractivity contribution in [3.63, 3.8) is 0 Å². The first kappa shape index (κ1) is 15.0. The van der Waals surface area contributed by atoms with Crippen LogP contribution in [0.3, 0.4) is 0 Å². The van der Waals surface area contributed by atoms with Crippen LogP contribution in [0.4, 0.5) is 4.79 Å². The fourth-order valence-electron chi connectivity index (χ4n) is 1.51. The van der Waals surface area contributed by atoms with Gasteiger partial charge in [-0.05, 0) is 46.3 Å². The van der Waals surface area contributed by atoms with Crippen LogP contribution in [0.2, 0.25) is 0 Å². The summed E-state index contributed by atoms with van der Waals surface area (Å²) in [6, 6.07) is 4.27. The first-order valence-corrected chi connectivity index (χ1v) is 6.84.